The standard InChI is InChI=1S/C16H30O/c1-4-6-8-10-12-14-16(17)15(3)13-11-9-7-5-2/h3-14H2,1-2H3. The highest BCUT2D eigenvalue weighted by Gasteiger charge is 2.06. The summed E-state index contributed by atoms with van der Waals surface area (Å²) < 4.78 is 0. The van der Waals surface area contributed by atoms with Crippen LogP contribution in [0.15, 0.2) is 12.2 Å². The summed E-state index contributed by atoms with van der Waals surface area (Å²) in [6, 6.07) is 0. The number of allylic oxidation sites excluding steroid dienone is 1. The molecule has 0 bridgehead atoms. The Bertz CT molecular complexity index is 206. The van der Waals surface area contributed by atoms with Crippen LogP contribution in [0.4, 0.5) is 0 Å². The Balaban J connectivity index is 3.44. The predicted molar refractivity (Wildman–Crippen MR) is 76.3 cm³/mol. The van der Waals surface area contributed by atoms with Crippen LogP contribution in [0.3, 0.4) is 0 Å². The lowest BCUT2D eigenvalue weighted by Gasteiger charge is -2.04. The minimum atomic E-state index is 0.304. The van der Waals surface area contributed by atoms with Crippen molar-refractivity contribution in [2.24, 2.45) is 0 Å². The van der Waals surface area contributed by atoms with E-state index in [1.54, 1.807) is 0 Å². The molecule has 100 valence electrons. The van der Waals surface area contributed by atoms with Crippen molar-refractivity contribution < 1.29 is 4.79 Å². The van der Waals surface area contributed by atoms with E-state index in [0.717, 1.165) is 31.3 Å². The van der Waals surface area contributed by atoms with Crippen LogP contribution in [-0.4, -0.2) is 5.78 Å². The molecule has 0 aromatic rings. The number of ketones is 1. The molecular formula is C16H30O. The fraction of sp³-hybridized carbons (Fsp3) is 0.812. The second-order valence-electron chi connectivity index (χ2n) is 5.00. The van der Waals surface area contributed by atoms with Gasteiger partial charge in [-0.15, -0.1) is 0 Å². The lowest BCUT2D eigenvalue weighted by Crippen LogP contribution is -2.01. The molecular weight excluding hydrogens is 208 g/mol. The van der Waals surface area contributed by atoms with Crippen molar-refractivity contribution in [2.45, 2.75) is 84.5 Å². The monoisotopic (exact) mass is 238 g/mol. The summed E-state index contributed by atoms with van der Waals surface area (Å²) >= 11 is 0. The van der Waals surface area contributed by atoms with Crippen LogP contribution in [-0.2, 0) is 4.79 Å². The molecule has 0 fully saturated rings. The van der Waals surface area contributed by atoms with Gasteiger partial charge in [0.1, 0.15) is 0 Å². The zero-order valence-corrected chi connectivity index (χ0v) is 11.9. The molecule has 0 amide bonds. The van der Waals surface area contributed by atoms with Gasteiger partial charge in [-0.2, -0.15) is 0 Å². The van der Waals surface area contributed by atoms with Gasteiger partial charge in [0.05, 0.1) is 0 Å². The minimum absolute atomic E-state index is 0.304. The minimum Gasteiger partial charge on any atom is -0.295 e. The third-order valence-corrected chi connectivity index (χ3v) is 3.23. The van der Waals surface area contributed by atoms with Crippen LogP contribution >= 0.6 is 0 Å². The Morgan fingerprint density at radius 2 is 1.24 bits per heavy atom. The second kappa shape index (κ2) is 11.9. The largest absolute Gasteiger partial charge is 0.295 e. The number of rotatable bonds is 12. The van der Waals surface area contributed by atoms with Crippen LogP contribution in [0.1, 0.15) is 84.5 Å². The molecule has 0 aliphatic carbocycles. The lowest BCUT2D eigenvalue weighted by atomic mass is 10.0. The van der Waals surface area contributed by atoms with Gasteiger partial charge in [-0.05, 0) is 24.8 Å². The Morgan fingerprint density at radius 3 is 1.82 bits per heavy atom. The van der Waals surface area contributed by atoms with Crippen molar-refractivity contribution in [3.8, 4) is 0 Å². The van der Waals surface area contributed by atoms with Crippen molar-refractivity contribution in [1.29, 1.82) is 0 Å². The number of unbranched alkanes of at least 4 members (excludes halogenated alkanes) is 7. The first-order valence-corrected chi connectivity index (χ1v) is 7.43. The number of Topliss-reactive ketones (excluding diaryl/α,β-unsaturated/α-hetero) is 1. The summed E-state index contributed by atoms with van der Waals surface area (Å²) in [4.78, 5) is 11.7. The topological polar surface area (TPSA) is 17.1 Å². The first-order chi connectivity index (χ1) is 8.22. The summed E-state index contributed by atoms with van der Waals surface area (Å²) in [5.74, 6) is 0.304. The number of hydrogen-bond acceptors (Lipinski definition) is 1. The van der Waals surface area contributed by atoms with E-state index < -0.39 is 0 Å². The van der Waals surface area contributed by atoms with E-state index in [9.17, 15) is 4.79 Å². The Hall–Kier alpha value is -0.590. The molecule has 1 heteroatoms. The summed E-state index contributed by atoms with van der Waals surface area (Å²) in [7, 11) is 0. The Labute approximate surface area is 108 Å². The number of carbonyl (C=O) groups excluding carboxylic acids is 1. The number of hydrogen-bond donors (Lipinski definition) is 0. The highest BCUT2D eigenvalue weighted by atomic mass is 16.1. The highest BCUT2D eigenvalue weighted by molar-refractivity contribution is 5.94. The Morgan fingerprint density at radius 1 is 0.765 bits per heavy atom. The molecule has 0 saturated carbocycles. The van der Waals surface area contributed by atoms with E-state index >= 15 is 0 Å². The van der Waals surface area contributed by atoms with E-state index in [1.807, 2.05) is 0 Å². The van der Waals surface area contributed by atoms with Gasteiger partial charge < -0.3 is 0 Å². The van der Waals surface area contributed by atoms with Crippen molar-refractivity contribution in [3.63, 3.8) is 0 Å². The van der Waals surface area contributed by atoms with Crippen molar-refractivity contribution in [3.05, 3.63) is 12.2 Å². The maximum Gasteiger partial charge on any atom is 0.158 e. The fourth-order valence-corrected chi connectivity index (χ4v) is 1.97. The molecule has 0 rings (SSSR count). The zero-order chi connectivity index (χ0) is 12.9. The fourth-order valence-electron chi connectivity index (χ4n) is 1.97. The summed E-state index contributed by atoms with van der Waals surface area (Å²) in [5.41, 5.74) is 0.858. The van der Waals surface area contributed by atoms with Crippen LogP contribution in [0.2, 0.25) is 0 Å². The maximum absolute atomic E-state index is 11.7. The van der Waals surface area contributed by atoms with Gasteiger partial charge in [-0.3, -0.25) is 4.79 Å². The van der Waals surface area contributed by atoms with Gasteiger partial charge in [0.25, 0.3) is 0 Å². The summed E-state index contributed by atoms with van der Waals surface area (Å²) in [5, 5.41) is 0. The SMILES string of the molecule is C=C(CCCCCC)C(=O)CCCCCCC. The van der Waals surface area contributed by atoms with Gasteiger partial charge >= 0.3 is 0 Å². The smallest absolute Gasteiger partial charge is 0.158 e. The first kappa shape index (κ1) is 16.4. The lowest BCUT2D eigenvalue weighted by molar-refractivity contribution is -0.115. The van der Waals surface area contributed by atoms with Crippen LogP contribution < -0.4 is 0 Å². The first-order valence-electron chi connectivity index (χ1n) is 7.43. The molecule has 0 aromatic heterocycles. The molecule has 0 radical (unpaired) electrons. The van der Waals surface area contributed by atoms with E-state index in [0.29, 0.717) is 5.78 Å². The molecule has 1 nitrogen and oxygen atoms in total. The van der Waals surface area contributed by atoms with Gasteiger partial charge in [-0.25, -0.2) is 0 Å². The molecule has 0 atom stereocenters. The molecule has 17 heavy (non-hydrogen) atoms. The van der Waals surface area contributed by atoms with Crippen LogP contribution in [0, 0.1) is 0 Å². The van der Waals surface area contributed by atoms with Crippen LogP contribution in [0.25, 0.3) is 0 Å². The molecule has 0 aliphatic rings. The molecule has 0 spiro atoms. The van der Waals surface area contributed by atoms with Crippen molar-refractivity contribution in [2.75, 3.05) is 0 Å². The molecule has 0 saturated heterocycles. The summed E-state index contributed by atoms with van der Waals surface area (Å²) in [6.07, 6.45) is 12.6. The third-order valence-electron chi connectivity index (χ3n) is 3.23. The van der Waals surface area contributed by atoms with Crippen molar-refractivity contribution >= 4 is 5.78 Å². The van der Waals surface area contributed by atoms with Gasteiger partial charge in [0.2, 0.25) is 0 Å². The average molecular weight is 238 g/mol. The summed E-state index contributed by atoms with van der Waals surface area (Å²) in [6.45, 7) is 8.33. The molecule has 0 N–H and O–H groups in total. The normalized spacial score (nSPS) is 10.5. The van der Waals surface area contributed by atoms with Gasteiger partial charge in [-0.1, -0.05) is 65.4 Å². The highest BCUT2D eigenvalue weighted by Crippen LogP contribution is 2.13. The third kappa shape index (κ3) is 10.3. The maximum atomic E-state index is 11.7. The molecule has 0 aromatic carbocycles. The van der Waals surface area contributed by atoms with Crippen LogP contribution in [0.5, 0.6) is 0 Å². The average Bonchev–Trinajstić information content (AvgIpc) is 2.34. The van der Waals surface area contributed by atoms with E-state index in [2.05, 4.69) is 20.4 Å². The van der Waals surface area contributed by atoms with E-state index in [-0.39, 0.29) is 0 Å². The molecule has 0 heterocycles. The van der Waals surface area contributed by atoms with Crippen molar-refractivity contribution in [1.82, 2.24) is 0 Å². The molecule has 0 aliphatic heterocycles. The van der Waals surface area contributed by atoms with Gasteiger partial charge in [0, 0.05) is 6.42 Å². The number of carbonyl (C=O) groups is 1. The zero-order valence-electron chi connectivity index (χ0n) is 11.9. The quantitative estimate of drug-likeness (QED) is 0.327. The van der Waals surface area contributed by atoms with E-state index in [1.165, 1.54) is 44.9 Å². The second-order valence-corrected chi connectivity index (χ2v) is 5.00. The molecule has 0 unspecified atom stereocenters. The van der Waals surface area contributed by atoms with Gasteiger partial charge in [0.15, 0.2) is 5.78 Å². The Kier molecular flexibility index (Phi) is 11.5. The predicted octanol–water partition coefficient (Wildman–Crippen LogP) is 5.44. The van der Waals surface area contributed by atoms with E-state index in [4.69, 9.17) is 0 Å².